The highest BCUT2D eigenvalue weighted by Gasteiger charge is 2.18. The molecule has 0 spiro atoms. The number of carbonyl (C=O) groups excluding carboxylic acids is 2. The maximum absolute atomic E-state index is 12.8. The molecule has 6 rings (SSSR count). The lowest BCUT2D eigenvalue weighted by molar-refractivity contribution is -0.112. The number of benzene rings is 3. The van der Waals surface area contributed by atoms with E-state index in [4.69, 9.17) is 0 Å². The minimum Gasteiger partial charge on any atom is -0.393 e. The zero-order chi connectivity index (χ0) is 26.8. The van der Waals surface area contributed by atoms with Crippen molar-refractivity contribution in [2.75, 3.05) is 34.4 Å². The maximum atomic E-state index is 12.8. The summed E-state index contributed by atoms with van der Waals surface area (Å²) in [5.41, 5.74) is 4.86. The smallest absolute Gasteiger partial charge is 0.261 e. The summed E-state index contributed by atoms with van der Waals surface area (Å²) in [5.74, 6) is 0.713. The molecule has 39 heavy (non-hydrogen) atoms. The Morgan fingerprint density at radius 2 is 1.56 bits per heavy atom. The van der Waals surface area contributed by atoms with Crippen LogP contribution in [0.4, 0.5) is 17.1 Å². The number of aromatic nitrogens is 2. The first-order chi connectivity index (χ1) is 19.0. The van der Waals surface area contributed by atoms with Gasteiger partial charge in [0.25, 0.3) is 11.8 Å². The summed E-state index contributed by atoms with van der Waals surface area (Å²) < 4.78 is 1.83. The summed E-state index contributed by atoms with van der Waals surface area (Å²) in [6.45, 7) is 1.64. The number of allylic oxidation sites excluding steroid dienone is 1. The quantitative estimate of drug-likeness (QED) is 0.312. The molecular formula is C30H29N5O3S. The molecule has 0 atom stereocenters. The standard InChI is InChI=1S/C30H29N5O3S/c36-26-13-15-34(16-14-26)24-8-3-20(4-9-24)29(37)32-22-5-10-25(11-6-22)35-27-12-7-23(18-21(27)19-31-35)33-30(38)28-2-1-17-39-28/h2-12,18-19,26,36H,1,13-17H2,(H,32,37)(H,33,38). The summed E-state index contributed by atoms with van der Waals surface area (Å²) in [6, 6.07) is 20.9. The summed E-state index contributed by atoms with van der Waals surface area (Å²) in [6.07, 6.45) is 6.01. The zero-order valence-corrected chi connectivity index (χ0v) is 22.2. The third-order valence-electron chi connectivity index (χ3n) is 7.08. The number of carbonyl (C=O) groups is 2. The van der Waals surface area contributed by atoms with Gasteiger partial charge in [-0.25, -0.2) is 4.68 Å². The van der Waals surface area contributed by atoms with E-state index in [0.717, 1.165) is 71.0 Å². The lowest BCUT2D eigenvalue weighted by Gasteiger charge is -2.31. The number of aliphatic hydroxyl groups is 1. The normalized spacial score (nSPS) is 15.8. The predicted molar refractivity (Wildman–Crippen MR) is 157 cm³/mol. The highest BCUT2D eigenvalue weighted by Crippen LogP contribution is 2.28. The average molecular weight is 540 g/mol. The van der Waals surface area contributed by atoms with Gasteiger partial charge in [0.05, 0.1) is 28.4 Å². The van der Waals surface area contributed by atoms with Crippen LogP contribution in [-0.2, 0) is 4.79 Å². The Balaban J connectivity index is 1.10. The molecule has 1 saturated heterocycles. The molecule has 3 heterocycles. The van der Waals surface area contributed by atoms with Crippen LogP contribution in [0.15, 0.2) is 83.9 Å². The van der Waals surface area contributed by atoms with E-state index in [9.17, 15) is 14.7 Å². The number of fused-ring (bicyclic) bond motifs is 1. The largest absolute Gasteiger partial charge is 0.393 e. The Labute approximate surface area is 230 Å². The van der Waals surface area contributed by atoms with Gasteiger partial charge >= 0.3 is 0 Å². The number of piperidine rings is 1. The highest BCUT2D eigenvalue weighted by molar-refractivity contribution is 8.04. The van der Waals surface area contributed by atoms with Crippen molar-refractivity contribution in [3.63, 3.8) is 0 Å². The van der Waals surface area contributed by atoms with Gasteiger partial charge in [-0.15, -0.1) is 11.8 Å². The topological polar surface area (TPSA) is 99.5 Å². The number of nitrogens with zero attached hydrogens (tertiary/aromatic N) is 3. The lowest BCUT2D eigenvalue weighted by atomic mass is 10.1. The molecule has 1 fully saturated rings. The SMILES string of the molecule is O=C(Nc1ccc2c(cnn2-c2ccc(NC(=O)c3ccc(N4CCC(O)CC4)cc3)cc2)c1)C1=CCCS1. The van der Waals surface area contributed by atoms with Gasteiger partial charge in [0.2, 0.25) is 0 Å². The monoisotopic (exact) mass is 539 g/mol. The van der Waals surface area contributed by atoms with Gasteiger partial charge in [0.1, 0.15) is 0 Å². The van der Waals surface area contributed by atoms with Gasteiger partial charge in [0, 0.05) is 46.9 Å². The van der Waals surface area contributed by atoms with Crippen LogP contribution in [-0.4, -0.2) is 51.6 Å². The van der Waals surface area contributed by atoms with Crippen molar-refractivity contribution in [1.82, 2.24) is 9.78 Å². The van der Waals surface area contributed by atoms with Crippen LogP contribution in [0, 0.1) is 0 Å². The van der Waals surface area contributed by atoms with Crippen molar-refractivity contribution in [1.29, 1.82) is 0 Å². The van der Waals surface area contributed by atoms with Crippen LogP contribution >= 0.6 is 11.8 Å². The summed E-state index contributed by atoms with van der Waals surface area (Å²) in [7, 11) is 0. The number of amides is 2. The molecule has 0 unspecified atom stereocenters. The molecule has 0 aliphatic carbocycles. The van der Waals surface area contributed by atoms with Crippen molar-refractivity contribution >= 4 is 51.5 Å². The Hall–Kier alpha value is -4.08. The highest BCUT2D eigenvalue weighted by atomic mass is 32.2. The van der Waals surface area contributed by atoms with Crippen molar-refractivity contribution in [2.45, 2.75) is 25.4 Å². The second-order valence-corrected chi connectivity index (χ2v) is 10.9. The number of hydrogen-bond acceptors (Lipinski definition) is 6. The molecule has 2 amide bonds. The van der Waals surface area contributed by atoms with E-state index in [1.807, 2.05) is 77.5 Å². The molecule has 8 nitrogen and oxygen atoms in total. The van der Waals surface area contributed by atoms with Gasteiger partial charge in [0.15, 0.2) is 0 Å². The molecule has 0 bridgehead atoms. The summed E-state index contributed by atoms with van der Waals surface area (Å²) in [5, 5.41) is 21.1. The first-order valence-electron chi connectivity index (χ1n) is 13.1. The van der Waals surface area contributed by atoms with Crippen molar-refractivity contribution in [3.05, 3.63) is 89.5 Å². The first-order valence-corrected chi connectivity index (χ1v) is 14.1. The molecule has 0 radical (unpaired) electrons. The summed E-state index contributed by atoms with van der Waals surface area (Å²) in [4.78, 5) is 28.2. The van der Waals surface area contributed by atoms with E-state index >= 15 is 0 Å². The minimum absolute atomic E-state index is 0.0689. The van der Waals surface area contributed by atoms with Crippen LogP contribution in [0.3, 0.4) is 0 Å². The zero-order valence-electron chi connectivity index (χ0n) is 21.3. The second-order valence-electron chi connectivity index (χ2n) is 9.76. The predicted octanol–water partition coefficient (Wildman–Crippen LogP) is 5.20. The molecule has 2 aliphatic rings. The molecule has 2 aliphatic heterocycles. The molecule has 3 N–H and O–H groups in total. The fourth-order valence-corrected chi connectivity index (χ4v) is 5.80. The van der Waals surface area contributed by atoms with Gasteiger partial charge < -0.3 is 20.6 Å². The molecule has 9 heteroatoms. The Morgan fingerprint density at radius 1 is 0.872 bits per heavy atom. The molecule has 4 aromatic rings. The Morgan fingerprint density at radius 3 is 2.28 bits per heavy atom. The van der Waals surface area contributed by atoms with Gasteiger partial charge in [-0.1, -0.05) is 6.08 Å². The van der Waals surface area contributed by atoms with Crippen LogP contribution in [0.2, 0.25) is 0 Å². The Kier molecular flexibility index (Phi) is 7.08. The van der Waals surface area contributed by atoms with E-state index in [1.165, 1.54) is 0 Å². The lowest BCUT2D eigenvalue weighted by Crippen LogP contribution is -2.35. The molecule has 198 valence electrons. The third kappa shape index (κ3) is 5.55. The van der Waals surface area contributed by atoms with Crippen molar-refractivity contribution < 1.29 is 14.7 Å². The van der Waals surface area contributed by atoms with Crippen LogP contribution < -0.4 is 15.5 Å². The number of thioether (sulfide) groups is 1. The third-order valence-corrected chi connectivity index (χ3v) is 8.19. The number of nitrogens with one attached hydrogen (secondary N) is 2. The van der Waals surface area contributed by atoms with Crippen LogP contribution in [0.25, 0.3) is 16.6 Å². The maximum Gasteiger partial charge on any atom is 0.261 e. The van der Waals surface area contributed by atoms with Gasteiger partial charge in [-0.05, 0) is 86.0 Å². The number of aliphatic hydroxyl groups excluding tert-OH is 1. The molecule has 3 aromatic carbocycles. The average Bonchev–Trinajstić information content (AvgIpc) is 3.65. The van der Waals surface area contributed by atoms with Crippen molar-refractivity contribution in [3.8, 4) is 5.69 Å². The van der Waals surface area contributed by atoms with Gasteiger partial charge in [-0.2, -0.15) is 5.10 Å². The minimum atomic E-state index is -0.213. The number of hydrogen-bond donors (Lipinski definition) is 3. The van der Waals surface area contributed by atoms with Crippen LogP contribution in [0.5, 0.6) is 0 Å². The van der Waals surface area contributed by atoms with E-state index in [2.05, 4.69) is 20.6 Å². The fraction of sp³-hybridized carbons (Fsp3) is 0.233. The van der Waals surface area contributed by atoms with Gasteiger partial charge in [-0.3, -0.25) is 9.59 Å². The number of anilines is 3. The van der Waals surface area contributed by atoms with Crippen molar-refractivity contribution in [2.24, 2.45) is 0 Å². The molecular weight excluding hydrogens is 510 g/mol. The first kappa shape index (κ1) is 25.2. The van der Waals surface area contributed by atoms with E-state index in [0.29, 0.717) is 11.3 Å². The second kappa shape index (κ2) is 11.0. The van der Waals surface area contributed by atoms with Crippen LogP contribution in [0.1, 0.15) is 29.6 Å². The van der Waals surface area contributed by atoms with E-state index in [-0.39, 0.29) is 17.9 Å². The Bertz CT molecular complexity index is 1540. The van der Waals surface area contributed by atoms with E-state index < -0.39 is 0 Å². The molecule has 0 saturated carbocycles. The number of rotatable bonds is 6. The fourth-order valence-electron chi connectivity index (χ4n) is 4.92. The van der Waals surface area contributed by atoms with E-state index in [1.54, 1.807) is 18.0 Å². The molecule has 1 aromatic heterocycles. The summed E-state index contributed by atoms with van der Waals surface area (Å²) >= 11 is 1.58.